The molecule has 2 aliphatic rings. The van der Waals surface area contributed by atoms with E-state index >= 15 is 0 Å². The van der Waals surface area contributed by atoms with E-state index in [1.54, 1.807) is 0 Å². The minimum atomic E-state index is -0.363. The molecule has 0 atom stereocenters. The first-order valence-corrected chi connectivity index (χ1v) is 8.71. The van der Waals surface area contributed by atoms with E-state index in [0.29, 0.717) is 18.8 Å². The molecule has 132 valence electrons. The first-order chi connectivity index (χ1) is 12.5. The normalized spacial score (nSPS) is 13.9. The number of hydrogen-bond acceptors (Lipinski definition) is 5. The van der Waals surface area contributed by atoms with Gasteiger partial charge in [0.25, 0.3) is 0 Å². The van der Waals surface area contributed by atoms with Gasteiger partial charge in [-0.15, -0.1) is 0 Å². The zero-order valence-electron chi connectivity index (χ0n) is 15.5. The van der Waals surface area contributed by atoms with Gasteiger partial charge in [0.15, 0.2) is 5.70 Å². The Kier molecular flexibility index (Phi) is 3.96. The van der Waals surface area contributed by atoms with Gasteiger partial charge in [0, 0.05) is 23.2 Å². The second kappa shape index (κ2) is 6.18. The molecule has 0 aliphatic carbocycles. The van der Waals surface area contributed by atoms with Gasteiger partial charge in [0.05, 0.1) is 16.4 Å². The Bertz CT molecular complexity index is 1080. The van der Waals surface area contributed by atoms with Crippen molar-refractivity contribution in [2.45, 2.75) is 13.8 Å². The van der Waals surface area contributed by atoms with E-state index in [1.807, 2.05) is 57.1 Å². The number of esters is 1. The molecule has 0 saturated carbocycles. The van der Waals surface area contributed by atoms with Crippen molar-refractivity contribution in [3.8, 4) is 11.1 Å². The quantitative estimate of drug-likeness (QED) is 0.681. The number of nitrogens with zero attached hydrogens (tertiary/aromatic N) is 3. The Labute approximate surface area is 152 Å². The molecule has 0 amide bonds. The Morgan fingerprint density at radius 2 is 1.88 bits per heavy atom. The minimum absolute atomic E-state index is 0.354. The molecule has 0 saturated heterocycles. The highest BCUT2D eigenvalue weighted by Crippen LogP contribution is 2.34. The third-order valence-electron chi connectivity index (χ3n) is 4.88. The second-order valence-electron chi connectivity index (χ2n) is 6.95. The summed E-state index contributed by atoms with van der Waals surface area (Å²) in [6, 6.07) is 10.1. The van der Waals surface area contributed by atoms with Gasteiger partial charge in [0.2, 0.25) is 0 Å². The zero-order valence-corrected chi connectivity index (χ0v) is 15.5. The van der Waals surface area contributed by atoms with E-state index in [-0.39, 0.29) is 5.97 Å². The van der Waals surface area contributed by atoms with E-state index in [1.165, 1.54) is 0 Å². The molecule has 0 bridgehead atoms. The van der Waals surface area contributed by atoms with Crippen LogP contribution in [0.5, 0.6) is 0 Å². The largest absolute Gasteiger partial charge is 0.460 e. The molecule has 5 nitrogen and oxygen atoms in total. The summed E-state index contributed by atoms with van der Waals surface area (Å²) in [5.74, 6) is -0.363. The predicted molar refractivity (Wildman–Crippen MR) is 101 cm³/mol. The van der Waals surface area contributed by atoms with Gasteiger partial charge >= 0.3 is 5.97 Å². The van der Waals surface area contributed by atoms with Crippen molar-refractivity contribution >= 4 is 17.2 Å². The van der Waals surface area contributed by atoms with Crippen LogP contribution in [0.15, 0.2) is 46.0 Å². The van der Waals surface area contributed by atoms with Crippen LogP contribution in [-0.2, 0) is 9.53 Å². The van der Waals surface area contributed by atoms with Gasteiger partial charge in [0.1, 0.15) is 6.61 Å². The molecule has 0 fully saturated rings. The molecule has 2 aromatic rings. The van der Waals surface area contributed by atoms with Crippen LogP contribution < -0.4 is 10.7 Å². The number of likely N-dealkylation sites (N-methyl/N-ethyl adjacent to an activating group) is 1. The van der Waals surface area contributed by atoms with Crippen molar-refractivity contribution in [3.63, 3.8) is 0 Å². The summed E-state index contributed by atoms with van der Waals surface area (Å²) >= 11 is 0. The zero-order chi connectivity index (χ0) is 18.4. The van der Waals surface area contributed by atoms with Crippen LogP contribution >= 0.6 is 0 Å². The number of para-hydroxylation sites is 1. The second-order valence-corrected chi connectivity index (χ2v) is 6.95. The number of rotatable bonds is 4. The fourth-order valence-electron chi connectivity index (χ4n) is 3.53. The highest BCUT2D eigenvalue weighted by molar-refractivity contribution is 5.99. The predicted octanol–water partition coefficient (Wildman–Crippen LogP) is 2.40. The molecule has 2 aliphatic heterocycles. The summed E-state index contributed by atoms with van der Waals surface area (Å²) in [6.45, 7) is 5.02. The number of hydrogen-bond donors (Lipinski definition) is 0. The van der Waals surface area contributed by atoms with E-state index in [0.717, 1.165) is 44.2 Å². The average molecular weight is 347 g/mol. The highest BCUT2D eigenvalue weighted by Gasteiger charge is 2.26. The number of carbonyl (C=O) groups is 1. The van der Waals surface area contributed by atoms with E-state index in [4.69, 9.17) is 9.73 Å². The molecule has 0 spiro atoms. The molecule has 2 aromatic carbocycles. The first kappa shape index (κ1) is 16.7. The molecule has 4 rings (SSSR count). The third kappa shape index (κ3) is 2.56. The number of benzene rings is 2. The summed E-state index contributed by atoms with van der Waals surface area (Å²) in [5, 5.41) is 1.80. The lowest BCUT2D eigenvalue weighted by Crippen LogP contribution is -2.20. The Morgan fingerprint density at radius 1 is 1.12 bits per heavy atom. The molecule has 26 heavy (non-hydrogen) atoms. The topological polar surface area (TPSA) is 54.3 Å². The number of allylic oxidation sites excluding steroid dienone is 1. The molecule has 5 heteroatoms. The van der Waals surface area contributed by atoms with Gasteiger partial charge < -0.3 is 9.64 Å². The van der Waals surface area contributed by atoms with Crippen molar-refractivity contribution < 1.29 is 9.53 Å². The molecule has 0 unspecified atom stereocenters. The van der Waals surface area contributed by atoms with Crippen LogP contribution in [0.1, 0.15) is 18.1 Å². The fourth-order valence-corrected chi connectivity index (χ4v) is 3.53. The lowest BCUT2D eigenvalue weighted by molar-refractivity contribution is -0.139. The number of carbonyl (C=O) groups excluding carboxylic acids is 1. The molecule has 0 N–H and O–H groups in total. The lowest BCUT2D eigenvalue weighted by atomic mass is 9.96. The summed E-state index contributed by atoms with van der Waals surface area (Å²) in [7, 11) is 3.89. The van der Waals surface area contributed by atoms with Gasteiger partial charge in [-0.25, -0.2) is 14.8 Å². The maximum atomic E-state index is 12.5. The molecule has 2 heterocycles. The summed E-state index contributed by atoms with van der Waals surface area (Å²) < 4.78 is 5.38. The molecule has 0 aromatic heterocycles. The molecule has 0 radical (unpaired) electrons. The monoisotopic (exact) mass is 347 g/mol. The van der Waals surface area contributed by atoms with E-state index in [2.05, 4.69) is 11.1 Å². The summed E-state index contributed by atoms with van der Waals surface area (Å²) in [5.41, 5.74) is 6.50. The van der Waals surface area contributed by atoms with Crippen molar-refractivity contribution in [2.24, 2.45) is 9.98 Å². The van der Waals surface area contributed by atoms with Gasteiger partial charge in [-0.3, -0.25) is 0 Å². The smallest absolute Gasteiger partial charge is 0.357 e. The van der Waals surface area contributed by atoms with Crippen molar-refractivity contribution in [1.29, 1.82) is 0 Å². The third-order valence-corrected chi connectivity index (χ3v) is 4.88. The Balaban J connectivity index is 1.74. The van der Waals surface area contributed by atoms with Gasteiger partial charge in [-0.2, -0.15) is 0 Å². The minimum Gasteiger partial charge on any atom is -0.460 e. The van der Waals surface area contributed by atoms with E-state index < -0.39 is 0 Å². The van der Waals surface area contributed by atoms with Crippen LogP contribution in [0.3, 0.4) is 0 Å². The Morgan fingerprint density at radius 3 is 2.65 bits per heavy atom. The SMILES string of the molecule is CC1=C(C(=O)OCCN(C)C)N=c2cc3c(c(C)c21)=Nc1ccccc1-3. The van der Waals surface area contributed by atoms with Gasteiger partial charge in [-0.05, 0) is 51.2 Å². The fraction of sp³-hybridized carbons (Fsp3) is 0.286. The lowest BCUT2D eigenvalue weighted by Gasteiger charge is -2.10. The maximum absolute atomic E-state index is 12.5. The standard InChI is InChI=1S/C21H21N3O2/c1-12-18-13(2)20(21(25)26-10-9-24(3)4)23-17(18)11-15-14-7-5-6-8-16(14)22-19(12)15/h5-8,11H,9-10H2,1-4H3. The van der Waals surface area contributed by atoms with E-state index in [9.17, 15) is 4.79 Å². The summed E-state index contributed by atoms with van der Waals surface area (Å²) in [4.78, 5) is 23.8. The van der Waals surface area contributed by atoms with Crippen molar-refractivity contribution in [2.75, 3.05) is 27.2 Å². The maximum Gasteiger partial charge on any atom is 0.357 e. The van der Waals surface area contributed by atoms with Crippen LogP contribution in [-0.4, -0.2) is 38.1 Å². The molecular weight excluding hydrogens is 326 g/mol. The average Bonchev–Trinajstić information content (AvgIpc) is 3.14. The van der Waals surface area contributed by atoms with Crippen LogP contribution in [0, 0.1) is 6.92 Å². The number of fused-ring (bicyclic) bond motifs is 4. The molecular formula is C21H21N3O2. The Hall–Kier alpha value is -2.79. The first-order valence-electron chi connectivity index (χ1n) is 8.71. The number of ether oxygens (including phenoxy) is 1. The van der Waals surface area contributed by atoms with Crippen molar-refractivity contribution in [3.05, 3.63) is 57.9 Å². The van der Waals surface area contributed by atoms with Crippen LogP contribution in [0.25, 0.3) is 16.7 Å². The highest BCUT2D eigenvalue weighted by atomic mass is 16.5. The van der Waals surface area contributed by atoms with Crippen LogP contribution in [0.4, 0.5) is 5.69 Å². The summed E-state index contributed by atoms with van der Waals surface area (Å²) in [6.07, 6.45) is 0. The van der Waals surface area contributed by atoms with Crippen molar-refractivity contribution in [1.82, 2.24) is 4.90 Å². The van der Waals surface area contributed by atoms with Crippen LogP contribution in [0.2, 0.25) is 0 Å². The van der Waals surface area contributed by atoms with Gasteiger partial charge in [-0.1, -0.05) is 18.2 Å².